The molecule has 1 amide bonds. The molecule has 1 aliphatic rings. The van der Waals surface area contributed by atoms with Crippen LogP contribution in [0.2, 0.25) is 0 Å². The molecule has 0 radical (unpaired) electrons. The van der Waals surface area contributed by atoms with Crippen LogP contribution in [0.25, 0.3) is 0 Å². The topological polar surface area (TPSA) is 86.2 Å². The van der Waals surface area contributed by atoms with Gasteiger partial charge in [-0.25, -0.2) is 0 Å². The molecule has 1 aromatic carbocycles. The minimum absolute atomic E-state index is 0.00260. The average Bonchev–Trinajstić information content (AvgIpc) is 2.67. The van der Waals surface area contributed by atoms with E-state index in [1.807, 2.05) is 37.3 Å². The molecule has 2 aromatic rings. The summed E-state index contributed by atoms with van der Waals surface area (Å²) >= 11 is 0. The number of H-pyrrole nitrogens is 1. The lowest BCUT2D eigenvalue weighted by Crippen LogP contribution is -2.42. The third-order valence-electron chi connectivity index (χ3n) is 4.98. The Hall–Kier alpha value is -3.07. The van der Waals surface area contributed by atoms with Crippen molar-refractivity contribution in [2.24, 2.45) is 5.92 Å². The number of nitrogens with zero attached hydrogens (tertiary/aromatic N) is 2. The van der Waals surface area contributed by atoms with Crippen molar-refractivity contribution < 1.29 is 9.53 Å². The molecule has 2 heterocycles. The van der Waals surface area contributed by atoms with Gasteiger partial charge in [0.05, 0.1) is 12.2 Å². The van der Waals surface area contributed by atoms with Crippen LogP contribution in [0.15, 0.2) is 35.3 Å². The van der Waals surface area contributed by atoms with Crippen molar-refractivity contribution in [3.05, 3.63) is 63.1 Å². The molecule has 1 aromatic heterocycles. The van der Waals surface area contributed by atoms with Crippen molar-refractivity contribution in [3.63, 3.8) is 0 Å². The number of rotatable bonds is 4. The Labute approximate surface area is 158 Å². The van der Waals surface area contributed by atoms with Gasteiger partial charge in [-0.3, -0.25) is 9.59 Å². The minimum Gasteiger partial charge on any atom is -0.493 e. The summed E-state index contributed by atoms with van der Waals surface area (Å²) < 4.78 is 5.91. The molecule has 6 nitrogen and oxygen atoms in total. The van der Waals surface area contributed by atoms with E-state index in [1.54, 1.807) is 11.8 Å². The summed E-state index contributed by atoms with van der Waals surface area (Å²) in [5, 5.41) is 9.14. The van der Waals surface area contributed by atoms with E-state index in [2.05, 4.69) is 4.98 Å². The first-order valence-corrected chi connectivity index (χ1v) is 9.10. The highest BCUT2D eigenvalue weighted by Crippen LogP contribution is 2.22. The normalized spacial score (nSPS) is 16.6. The molecular formula is C21H23N3O3. The van der Waals surface area contributed by atoms with Gasteiger partial charge in [-0.1, -0.05) is 12.1 Å². The summed E-state index contributed by atoms with van der Waals surface area (Å²) in [4.78, 5) is 28.9. The Balaban J connectivity index is 1.68. The van der Waals surface area contributed by atoms with Gasteiger partial charge in [0.15, 0.2) is 0 Å². The maximum Gasteiger partial charge on any atom is 0.266 e. The van der Waals surface area contributed by atoms with Crippen LogP contribution in [0, 0.1) is 31.1 Å². The van der Waals surface area contributed by atoms with Crippen molar-refractivity contribution >= 4 is 5.91 Å². The third kappa shape index (κ3) is 4.20. The number of carbonyl (C=O) groups excluding carboxylic acids is 1. The molecule has 0 spiro atoms. The van der Waals surface area contributed by atoms with Gasteiger partial charge in [-0.15, -0.1) is 0 Å². The first-order valence-electron chi connectivity index (χ1n) is 9.10. The van der Waals surface area contributed by atoms with E-state index in [9.17, 15) is 9.59 Å². The Bertz CT molecular complexity index is 942. The van der Waals surface area contributed by atoms with Crippen LogP contribution in [-0.2, 0) is 0 Å². The Morgan fingerprint density at radius 1 is 1.41 bits per heavy atom. The molecule has 0 saturated carbocycles. The van der Waals surface area contributed by atoms with Crippen LogP contribution in [0.4, 0.5) is 0 Å². The molecule has 0 aliphatic carbocycles. The number of carbonyl (C=O) groups is 1. The molecule has 6 heteroatoms. The Morgan fingerprint density at radius 2 is 2.22 bits per heavy atom. The number of nitrogens with one attached hydrogen (secondary N) is 1. The number of amides is 1. The number of benzene rings is 1. The van der Waals surface area contributed by atoms with Gasteiger partial charge in [-0.2, -0.15) is 5.26 Å². The summed E-state index contributed by atoms with van der Waals surface area (Å²) in [5.74, 6) is 0.941. The van der Waals surface area contributed by atoms with Gasteiger partial charge < -0.3 is 14.6 Å². The van der Waals surface area contributed by atoms with Crippen LogP contribution < -0.4 is 10.3 Å². The van der Waals surface area contributed by atoms with Crippen molar-refractivity contribution in [1.29, 1.82) is 5.26 Å². The summed E-state index contributed by atoms with van der Waals surface area (Å²) in [7, 11) is 0. The maximum absolute atomic E-state index is 12.9. The summed E-state index contributed by atoms with van der Waals surface area (Å²) in [5.41, 5.74) is 1.50. The summed E-state index contributed by atoms with van der Waals surface area (Å²) in [6.45, 7) is 5.49. The van der Waals surface area contributed by atoms with Crippen LogP contribution in [0.5, 0.6) is 5.75 Å². The SMILES string of the molecule is Cc1cccc(OC[C@@H]2CCCN(C(=O)c3c[nH]c(=O)c(C#N)c3C)C2)c1. The number of hydrogen-bond donors (Lipinski definition) is 1. The molecule has 0 unspecified atom stereocenters. The molecule has 1 fully saturated rings. The van der Waals surface area contributed by atoms with Crippen molar-refractivity contribution in [1.82, 2.24) is 9.88 Å². The highest BCUT2D eigenvalue weighted by molar-refractivity contribution is 5.95. The number of aromatic nitrogens is 1. The van der Waals surface area contributed by atoms with Gasteiger partial charge >= 0.3 is 0 Å². The number of ether oxygens (including phenoxy) is 1. The van der Waals surface area contributed by atoms with Gasteiger partial charge in [0.2, 0.25) is 0 Å². The smallest absolute Gasteiger partial charge is 0.266 e. The summed E-state index contributed by atoms with van der Waals surface area (Å²) in [6.07, 6.45) is 3.32. The Kier molecular flexibility index (Phi) is 5.60. The zero-order valence-electron chi connectivity index (χ0n) is 15.6. The van der Waals surface area contributed by atoms with E-state index >= 15 is 0 Å². The second-order valence-electron chi connectivity index (χ2n) is 7.03. The molecule has 1 saturated heterocycles. The van der Waals surface area contributed by atoms with Gasteiger partial charge in [0.1, 0.15) is 17.4 Å². The number of likely N-dealkylation sites (tertiary alicyclic amines) is 1. The van der Waals surface area contributed by atoms with Crippen molar-refractivity contribution in [3.8, 4) is 11.8 Å². The van der Waals surface area contributed by atoms with Gasteiger partial charge in [-0.05, 0) is 49.9 Å². The van der Waals surface area contributed by atoms with Gasteiger partial charge in [0.25, 0.3) is 11.5 Å². The van der Waals surface area contributed by atoms with Crippen LogP contribution in [0.3, 0.4) is 0 Å². The standard InChI is InChI=1S/C21H23N3O3/c1-14-5-3-7-17(9-14)27-13-16-6-4-8-24(12-16)21(26)19-11-23-20(25)18(10-22)15(19)2/h3,5,7,9,11,16H,4,6,8,12-13H2,1-2H3,(H,23,25)/t16-/m1/s1. The molecule has 27 heavy (non-hydrogen) atoms. The first kappa shape index (κ1) is 18.7. The highest BCUT2D eigenvalue weighted by atomic mass is 16.5. The number of aryl methyl sites for hydroxylation is 1. The fraction of sp³-hybridized carbons (Fsp3) is 0.381. The van der Waals surface area contributed by atoms with E-state index in [1.165, 1.54) is 6.20 Å². The van der Waals surface area contributed by atoms with Gasteiger partial charge in [0, 0.05) is 25.2 Å². The van der Waals surface area contributed by atoms with E-state index in [0.29, 0.717) is 30.8 Å². The second kappa shape index (κ2) is 8.09. The second-order valence-corrected chi connectivity index (χ2v) is 7.03. The zero-order chi connectivity index (χ0) is 19.4. The van der Waals surface area contributed by atoms with E-state index < -0.39 is 5.56 Å². The molecular weight excluding hydrogens is 342 g/mol. The molecule has 140 valence electrons. The average molecular weight is 365 g/mol. The molecule has 1 aliphatic heterocycles. The fourth-order valence-corrected chi connectivity index (χ4v) is 3.45. The zero-order valence-corrected chi connectivity index (χ0v) is 15.6. The van der Waals surface area contributed by atoms with Crippen LogP contribution in [0.1, 0.15) is 39.9 Å². The lowest BCUT2D eigenvalue weighted by molar-refractivity contribution is 0.0632. The number of pyridine rings is 1. The number of piperidine rings is 1. The predicted molar refractivity (Wildman–Crippen MR) is 102 cm³/mol. The van der Waals surface area contributed by atoms with Crippen molar-refractivity contribution in [2.75, 3.05) is 19.7 Å². The third-order valence-corrected chi connectivity index (χ3v) is 4.98. The lowest BCUT2D eigenvalue weighted by Gasteiger charge is -2.33. The first-order chi connectivity index (χ1) is 13.0. The highest BCUT2D eigenvalue weighted by Gasteiger charge is 2.27. The molecule has 1 atom stereocenters. The molecule has 3 rings (SSSR count). The monoisotopic (exact) mass is 365 g/mol. The largest absolute Gasteiger partial charge is 0.493 e. The van der Waals surface area contributed by atoms with E-state index in [4.69, 9.17) is 10.00 Å². The van der Waals surface area contributed by atoms with Crippen LogP contribution >= 0.6 is 0 Å². The fourth-order valence-electron chi connectivity index (χ4n) is 3.45. The predicted octanol–water partition coefficient (Wildman–Crippen LogP) is 2.79. The molecule has 0 bridgehead atoms. The number of nitriles is 1. The van der Waals surface area contributed by atoms with E-state index in [0.717, 1.165) is 24.2 Å². The summed E-state index contributed by atoms with van der Waals surface area (Å²) in [6, 6.07) is 9.80. The van der Waals surface area contributed by atoms with E-state index in [-0.39, 0.29) is 17.4 Å². The Morgan fingerprint density at radius 3 is 2.96 bits per heavy atom. The quantitative estimate of drug-likeness (QED) is 0.903. The maximum atomic E-state index is 12.9. The van der Waals surface area contributed by atoms with Crippen LogP contribution in [-0.4, -0.2) is 35.5 Å². The number of aromatic amines is 1. The van der Waals surface area contributed by atoms with Crippen molar-refractivity contribution in [2.45, 2.75) is 26.7 Å². The minimum atomic E-state index is -0.463. The molecule has 1 N–H and O–H groups in total. The lowest BCUT2D eigenvalue weighted by atomic mass is 9.97. The number of hydrogen-bond acceptors (Lipinski definition) is 4.